The minimum atomic E-state index is -0.567. The number of carbonyl (C=O) groups is 1. The highest BCUT2D eigenvalue weighted by Crippen LogP contribution is 2.10. The molecule has 17 heavy (non-hydrogen) atoms. The number of aromatic amines is 1. The lowest BCUT2D eigenvalue weighted by Gasteiger charge is -2.06. The van der Waals surface area contributed by atoms with E-state index >= 15 is 0 Å². The van der Waals surface area contributed by atoms with Gasteiger partial charge in [-0.25, -0.2) is 4.98 Å². The second kappa shape index (κ2) is 6.39. The van der Waals surface area contributed by atoms with Crippen molar-refractivity contribution in [2.24, 2.45) is 0 Å². The maximum Gasteiger partial charge on any atom is 0.321 e. The number of nitrogens with zero attached hydrogens (tertiary/aromatic N) is 1. The zero-order valence-electron chi connectivity index (χ0n) is 9.40. The Morgan fingerprint density at radius 3 is 2.88 bits per heavy atom. The normalized spacial score (nSPS) is 12.1. The SMILES string of the molecule is CCC(Br)CCNC(=O)c1ccc([N+](=O)[O-])[nH]1. The molecule has 0 aliphatic carbocycles. The van der Waals surface area contributed by atoms with Crippen LogP contribution in [0.5, 0.6) is 0 Å². The molecule has 0 spiro atoms. The largest absolute Gasteiger partial charge is 0.358 e. The van der Waals surface area contributed by atoms with Crippen LogP contribution < -0.4 is 5.32 Å². The molecule has 0 fully saturated rings. The summed E-state index contributed by atoms with van der Waals surface area (Å²) < 4.78 is 0. The molecule has 0 aliphatic rings. The van der Waals surface area contributed by atoms with E-state index in [1.54, 1.807) is 0 Å². The van der Waals surface area contributed by atoms with E-state index in [-0.39, 0.29) is 17.4 Å². The predicted molar refractivity (Wildman–Crippen MR) is 67.4 cm³/mol. The maximum atomic E-state index is 11.6. The third-order valence-corrected chi connectivity index (χ3v) is 3.40. The van der Waals surface area contributed by atoms with Gasteiger partial charge in [0.2, 0.25) is 0 Å². The second-order valence-corrected chi connectivity index (χ2v) is 4.86. The fraction of sp³-hybridized carbons (Fsp3) is 0.500. The number of alkyl halides is 1. The molecule has 0 saturated heterocycles. The van der Waals surface area contributed by atoms with Crippen molar-refractivity contribution < 1.29 is 9.72 Å². The van der Waals surface area contributed by atoms with Gasteiger partial charge in [-0.2, -0.15) is 0 Å². The molecular formula is C10H14BrN3O3. The third-order valence-electron chi connectivity index (χ3n) is 2.30. The van der Waals surface area contributed by atoms with E-state index in [4.69, 9.17) is 0 Å². The average molecular weight is 304 g/mol. The van der Waals surface area contributed by atoms with Crippen molar-refractivity contribution >= 4 is 27.7 Å². The molecule has 0 aliphatic heterocycles. The van der Waals surface area contributed by atoms with E-state index in [1.165, 1.54) is 12.1 Å². The van der Waals surface area contributed by atoms with Crippen LogP contribution in [-0.2, 0) is 0 Å². The summed E-state index contributed by atoms with van der Waals surface area (Å²) >= 11 is 3.46. The lowest BCUT2D eigenvalue weighted by Crippen LogP contribution is -2.26. The van der Waals surface area contributed by atoms with E-state index < -0.39 is 4.92 Å². The van der Waals surface area contributed by atoms with Gasteiger partial charge in [0.15, 0.2) is 5.69 Å². The molecule has 2 N–H and O–H groups in total. The van der Waals surface area contributed by atoms with E-state index in [0.717, 1.165) is 12.8 Å². The lowest BCUT2D eigenvalue weighted by atomic mass is 10.2. The second-order valence-electron chi connectivity index (χ2n) is 3.56. The van der Waals surface area contributed by atoms with Gasteiger partial charge in [-0.3, -0.25) is 4.79 Å². The van der Waals surface area contributed by atoms with Crippen LogP contribution in [0.2, 0.25) is 0 Å². The highest BCUT2D eigenvalue weighted by atomic mass is 79.9. The van der Waals surface area contributed by atoms with Crippen molar-refractivity contribution in [2.45, 2.75) is 24.6 Å². The van der Waals surface area contributed by atoms with Crippen LogP contribution >= 0.6 is 15.9 Å². The number of rotatable bonds is 6. The number of halogens is 1. The number of carbonyl (C=O) groups excluding carboxylic acids is 1. The van der Waals surface area contributed by atoms with Crippen LogP contribution in [-0.4, -0.2) is 27.2 Å². The number of aromatic nitrogens is 1. The molecule has 1 unspecified atom stereocenters. The van der Waals surface area contributed by atoms with Crippen molar-refractivity contribution in [3.63, 3.8) is 0 Å². The van der Waals surface area contributed by atoms with Gasteiger partial charge in [-0.05, 0) is 23.8 Å². The maximum absolute atomic E-state index is 11.6. The zero-order chi connectivity index (χ0) is 12.8. The first-order chi connectivity index (χ1) is 8.04. The Bertz CT molecular complexity index is 405. The van der Waals surface area contributed by atoms with Gasteiger partial charge in [0.25, 0.3) is 5.91 Å². The van der Waals surface area contributed by atoms with E-state index in [2.05, 4.69) is 33.2 Å². The van der Waals surface area contributed by atoms with Crippen molar-refractivity contribution in [1.29, 1.82) is 0 Å². The summed E-state index contributed by atoms with van der Waals surface area (Å²) in [6.45, 7) is 2.59. The molecule has 7 heteroatoms. The van der Waals surface area contributed by atoms with E-state index in [9.17, 15) is 14.9 Å². The number of hydrogen-bond acceptors (Lipinski definition) is 3. The Kier molecular flexibility index (Phi) is 5.14. The van der Waals surface area contributed by atoms with Crippen molar-refractivity contribution in [1.82, 2.24) is 10.3 Å². The quantitative estimate of drug-likeness (QED) is 0.480. The number of H-pyrrole nitrogens is 1. The van der Waals surface area contributed by atoms with Gasteiger partial charge >= 0.3 is 5.82 Å². The van der Waals surface area contributed by atoms with Gasteiger partial charge in [-0.1, -0.05) is 22.9 Å². The van der Waals surface area contributed by atoms with Crippen LogP contribution in [0.4, 0.5) is 5.82 Å². The molecule has 1 aromatic rings. The Hall–Kier alpha value is -1.37. The molecule has 6 nitrogen and oxygen atoms in total. The molecule has 94 valence electrons. The number of nitro groups is 1. The van der Waals surface area contributed by atoms with Gasteiger partial charge in [-0.15, -0.1) is 0 Å². The molecular weight excluding hydrogens is 290 g/mol. The van der Waals surface area contributed by atoms with Crippen LogP contribution in [0.15, 0.2) is 12.1 Å². The standard InChI is InChI=1S/C10H14BrN3O3/c1-2-7(11)5-6-12-10(15)8-3-4-9(13-8)14(16)17/h3-4,7,13H,2,5-6H2,1H3,(H,12,15). The van der Waals surface area contributed by atoms with Crippen molar-refractivity contribution in [2.75, 3.05) is 6.54 Å². The van der Waals surface area contributed by atoms with Gasteiger partial charge in [0.05, 0.1) is 0 Å². The molecule has 0 saturated carbocycles. The van der Waals surface area contributed by atoms with E-state index in [0.29, 0.717) is 11.4 Å². The first-order valence-electron chi connectivity index (χ1n) is 5.30. The Balaban J connectivity index is 2.44. The molecule has 0 aromatic carbocycles. The molecule has 1 heterocycles. The number of amides is 1. The summed E-state index contributed by atoms with van der Waals surface area (Å²) in [6.07, 6.45) is 1.81. The molecule has 1 rings (SSSR count). The Morgan fingerprint density at radius 1 is 1.65 bits per heavy atom. The van der Waals surface area contributed by atoms with Crippen LogP contribution in [0.25, 0.3) is 0 Å². The molecule has 1 aromatic heterocycles. The number of nitrogens with one attached hydrogen (secondary N) is 2. The zero-order valence-corrected chi connectivity index (χ0v) is 11.0. The number of hydrogen-bond donors (Lipinski definition) is 2. The fourth-order valence-corrected chi connectivity index (χ4v) is 1.49. The Morgan fingerprint density at radius 2 is 2.35 bits per heavy atom. The van der Waals surface area contributed by atoms with Gasteiger partial charge < -0.3 is 15.4 Å². The van der Waals surface area contributed by atoms with Crippen molar-refractivity contribution in [3.8, 4) is 0 Å². The molecule has 0 radical (unpaired) electrons. The topological polar surface area (TPSA) is 88.0 Å². The average Bonchev–Trinajstić information content (AvgIpc) is 2.78. The summed E-state index contributed by atoms with van der Waals surface area (Å²) in [5, 5.41) is 13.1. The fourth-order valence-electron chi connectivity index (χ4n) is 1.26. The molecule has 1 atom stereocenters. The van der Waals surface area contributed by atoms with Crippen LogP contribution in [0.3, 0.4) is 0 Å². The highest BCUT2D eigenvalue weighted by Gasteiger charge is 2.14. The smallest absolute Gasteiger partial charge is 0.321 e. The molecule has 1 amide bonds. The predicted octanol–water partition coefficient (Wildman–Crippen LogP) is 2.22. The molecule has 0 bridgehead atoms. The van der Waals surface area contributed by atoms with Crippen LogP contribution in [0.1, 0.15) is 30.3 Å². The van der Waals surface area contributed by atoms with Gasteiger partial charge in [0.1, 0.15) is 0 Å². The summed E-state index contributed by atoms with van der Waals surface area (Å²) in [7, 11) is 0. The van der Waals surface area contributed by atoms with E-state index in [1.807, 2.05) is 0 Å². The minimum absolute atomic E-state index is 0.179. The summed E-state index contributed by atoms with van der Waals surface area (Å²) in [5.41, 5.74) is 0.208. The summed E-state index contributed by atoms with van der Waals surface area (Å²) in [6, 6.07) is 2.67. The summed E-state index contributed by atoms with van der Waals surface area (Å²) in [4.78, 5) is 24.2. The summed E-state index contributed by atoms with van der Waals surface area (Å²) in [5.74, 6) is -0.504. The lowest BCUT2D eigenvalue weighted by molar-refractivity contribution is -0.389. The first kappa shape index (κ1) is 13.7. The Labute approximate surface area is 107 Å². The third kappa shape index (κ3) is 4.18. The van der Waals surface area contributed by atoms with Crippen LogP contribution in [0, 0.1) is 10.1 Å². The van der Waals surface area contributed by atoms with Crippen molar-refractivity contribution in [3.05, 3.63) is 27.9 Å². The van der Waals surface area contributed by atoms with Gasteiger partial charge in [0, 0.05) is 17.4 Å². The monoisotopic (exact) mass is 303 g/mol. The highest BCUT2D eigenvalue weighted by molar-refractivity contribution is 9.09. The minimum Gasteiger partial charge on any atom is -0.358 e. The first-order valence-corrected chi connectivity index (χ1v) is 6.21.